The normalized spacial score (nSPS) is 14.6. The first-order valence-electron chi connectivity index (χ1n) is 7.51. The average Bonchev–Trinajstić information content (AvgIpc) is 3.19. The van der Waals surface area contributed by atoms with Crippen LogP contribution in [-0.2, 0) is 0 Å². The molecule has 19 heavy (non-hydrogen) atoms. The van der Waals surface area contributed by atoms with Gasteiger partial charge in [-0.1, -0.05) is 38.0 Å². The molecule has 0 saturated heterocycles. The van der Waals surface area contributed by atoms with Crippen LogP contribution in [-0.4, -0.2) is 24.4 Å². The molecule has 0 aromatic carbocycles. The van der Waals surface area contributed by atoms with E-state index in [4.69, 9.17) is 4.98 Å². The van der Waals surface area contributed by atoms with Crippen molar-refractivity contribution in [1.82, 2.24) is 4.98 Å². The van der Waals surface area contributed by atoms with Crippen molar-refractivity contribution in [3.8, 4) is 0 Å². The van der Waals surface area contributed by atoms with Crippen LogP contribution < -0.4 is 4.90 Å². The van der Waals surface area contributed by atoms with Crippen molar-refractivity contribution in [3.63, 3.8) is 0 Å². The molecule has 1 fully saturated rings. The molecule has 0 bridgehead atoms. The van der Waals surface area contributed by atoms with Gasteiger partial charge in [-0.2, -0.15) is 0 Å². The maximum atomic E-state index is 11.2. The van der Waals surface area contributed by atoms with Gasteiger partial charge in [-0.25, -0.2) is 4.98 Å². The molecule has 1 aliphatic carbocycles. The van der Waals surface area contributed by atoms with Gasteiger partial charge < -0.3 is 4.90 Å². The highest BCUT2D eigenvalue weighted by Crippen LogP contribution is 2.43. The van der Waals surface area contributed by atoms with Crippen LogP contribution in [0.4, 0.5) is 5.13 Å². The second-order valence-corrected chi connectivity index (χ2v) is 6.34. The average molecular weight is 280 g/mol. The molecule has 3 nitrogen and oxygen atoms in total. The SMILES string of the molecule is CCCCN(CCCC)c1nc(C2CC2)c(C=O)s1. The summed E-state index contributed by atoms with van der Waals surface area (Å²) in [5.41, 5.74) is 1.06. The Hall–Kier alpha value is -0.900. The highest BCUT2D eigenvalue weighted by Gasteiger charge is 2.30. The lowest BCUT2D eigenvalue weighted by Crippen LogP contribution is -2.25. The molecule has 1 aliphatic rings. The first kappa shape index (κ1) is 14.5. The fraction of sp³-hybridized carbons (Fsp3) is 0.733. The Labute approximate surface area is 120 Å². The lowest BCUT2D eigenvalue weighted by atomic mass is 10.2. The maximum absolute atomic E-state index is 11.2. The molecule has 0 amide bonds. The highest BCUT2D eigenvalue weighted by atomic mass is 32.1. The molecule has 0 atom stereocenters. The zero-order valence-corrected chi connectivity index (χ0v) is 12.8. The zero-order chi connectivity index (χ0) is 13.7. The molecule has 1 aromatic heterocycles. The van der Waals surface area contributed by atoms with Gasteiger partial charge in [0.25, 0.3) is 0 Å². The summed E-state index contributed by atoms with van der Waals surface area (Å²) in [7, 11) is 0. The van der Waals surface area contributed by atoms with Crippen molar-refractivity contribution in [2.24, 2.45) is 0 Å². The van der Waals surface area contributed by atoms with Crippen LogP contribution in [0.1, 0.15) is 73.7 Å². The second kappa shape index (κ2) is 7.04. The second-order valence-electron chi connectivity index (χ2n) is 5.33. The van der Waals surface area contributed by atoms with Gasteiger partial charge in [0, 0.05) is 19.0 Å². The minimum absolute atomic E-state index is 0.560. The molecule has 2 rings (SSSR count). The van der Waals surface area contributed by atoms with E-state index in [1.54, 1.807) is 11.3 Å². The predicted molar refractivity (Wildman–Crippen MR) is 81.5 cm³/mol. The van der Waals surface area contributed by atoms with Gasteiger partial charge in [0.15, 0.2) is 11.4 Å². The molecule has 0 radical (unpaired) electrons. The summed E-state index contributed by atoms with van der Waals surface area (Å²) in [5, 5.41) is 1.06. The first-order valence-corrected chi connectivity index (χ1v) is 8.32. The molecule has 0 N–H and O–H groups in total. The van der Waals surface area contributed by atoms with Gasteiger partial charge in [0.1, 0.15) is 0 Å². The summed E-state index contributed by atoms with van der Waals surface area (Å²) in [6.07, 6.45) is 8.18. The van der Waals surface area contributed by atoms with Crippen LogP contribution in [0.2, 0.25) is 0 Å². The number of carbonyl (C=O) groups excluding carboxylic acids is 1. The van der Waals surface area contributed by atoms with Crippen molar-refractivity contribution in [3.05, 3.63) is 10.6 Å². The van der Waals surface area contributed by atoms with E-state index in [9.17, 15) is 4.79 Å². The lowest BCUT2D eigenvalue weighted by molar-refractivity contribution is 0.112. The van der Waals surface area contributed by atoms with Crippen molar-refractivity contribution in [2.75, 3.05) is 18.0 Å². The molecule has 0 aliphatic heterocycles. The van der Waals surface area contributed by atoms with E-state index in [1.807, 2.05) is 0 Å². The summed E-state index contributed by atoms with van der Waals surface area (Å²) in [6, 6.07) is 0. The largest absolute Gasteiger partial charge is 0.348 e. The van der Waals surface area contributed by atoms with Crippen molar-refractivity contribution in [2.45, 2.75) is 58.3 Å². The third-order valence-corrected chi connectivity index (χ3v) is 4.63. The van der Waals surface area contributed by atoms with Gasteiger partial charge in [-0.15, -0.1) is 0 Å². The Morgan fingerprint density at radius 2 is 1.89 bits per heavy atom. The molecule has 1 aromatic rings. The van der Waals surface area contributed by atoms with Crippen LogP contribution >= 0.6 is 11.3 Å². The molecule has 0 unspecified atom stereocenters. The summed E-state index contributed by atoms with van der Waals surface area (Å²) >= 11 is 1.58. The monoisotopic (exact) mass is 280 g/mol. The van der Waals surface area contributed by atoms with Gasteiger partial charge in [-0.05, 0) is 25.7 Å². The Kier molecular flexibility index (Phi) is 5.37. The molecule has 1 heterocycles. The lowest BCUT2D eigenvalue weighted by Gasteiger charge is -2.21. The maximum Gasteiger partial charge on any atom is 0.186 e. The Morgan fingerprint density at radius 3 is 2.37 bits per heavy atom. The Bertz CT molecular complexity index is 404. The number of hydrogen-bond donors (Lipinski definition) is 0. The minimum Gasteiger partial charge on any atom is -0.348 e. The number of carbonyl (C=O) groups is 1. The zero-order valence-electron chi connectivity index (χ0n) is 12.0. The number of nitrogens with zero attached hydrogens (tertiary/aromatic N) is 2. The van der Waals surface area contributed by atoms with E-state index in [-0.39, 0.29) is 0 Å². The first-order chi connectivity index (χ1) is 9.30. The molecule has 0 spiro atoms. The number of anilines is 1. The van der Waals surface area contributed by atoms with Gasteiger partial charge in [-0.3, -0.25) is 4.79 Å². The quantitative estimate of drug-likeness (QED) is 0.634. The number of aldehydes is 1. The van der Waals surface area contributed by atoms with Gasteiger partial charge in [0.2, 0.25) is 0 Å². The fourth-order valence-corrected chi connectivity index (χ4v) is 3.22. The standard InChI is InChI=1S/C15H24N2OS/c1-3-5-9-17(10-6-4-2)15-16-14(12-7-8-12)13(11-18)19-15/h11-12H,3-10H2,1-2H3. The third kappa shape index (κ3) is 3.78. The Balaban J connectivity index is 2.12. The number of hydrogen-bond acceptors (Lipinski definition) is 4. The van der Waals surface area contributed by atoms with E-state index in [0.29, 0.717) is 5.92 Å². The predicted octanol–water partition coefficient (Wildman–Crippen LogP) is 4.24. The third-order valence-electron chi connectivity index (χ3n) is 3.57. The van der Waals surface area contributed by atoms with Crippen molar-refractivity contribution >= 4 is 22.8 Å². The number of unbranched alkanes of at least 4 members (excludes halogenated alkanes) is 2. The molecular weight excluding hydrogens is 256 g/mol. The molecule has 106 valence electrons. The van der Waals surface area contributed by atoms with E-state index < -0.39 is 0 Å². The highest BCUT2D eigenvalue weighted by molar-refractivity contribution is 7.17. The topological polar surface area (TPSA) is 33.2 Å². The van der Waals surface area contributed by atoms with Crippen LogP contribution in [0.15, 0.2) is 0 Å². The van der Waals surface area contributed by atoms with E-state index in [0.717, 1.165) is 35.1 Å². The summed E-state index contributed by atoms with van der Waals surface area (Å²) in [5.74, 6) is 0.560. The molecule has 1 saturated carbocycles. The van der Waals surface area contributed by atoms with Crippen molar-refractivity contribution < 1.29 is 4.79 Å². The number of aromatic nitrogens is 1. The van der Waals surface area contributed by atoms with Gasteiger partial charge >= 0.3 is 0 Å². The van der Waals surface area contributed by atoms with Crippen LogP contribution in [0.3, 0.4) is 0 Å². The van der Waals surface area contributed by atoms with Crippen LogP contribution in [0.25, 0.3) is 0 Å². The van der Waals surface area contributed by atoms with Crippen LogP contribution in [0, 0.1) is 0 Å². The smallest absolute Gasteiger partial charge is 0.186 e. The van der Waals surface area contributed by atoms with Crippen LogP contribution in [0.5, 0.6) is 0 Å². The fourth-order valence-electron chi connectivity index (χ4n) is 2.20. The summed E-state index contributed by atoms with van der Waals surface area (Å²) < 4.78 is 0. The van der Waals surface area contributed by atoms with E-state index in [2.05, 4.69) is 18.7 Å². The number of rotatable bonds is 9. The van der Waals surface area contributed by atoms with E-state index >= 15 is 0 Å². The summed E-state index contributed by atoms with van der Waals surface area (Å²) in [4.78, 5) is 19.2. The van der Waals surface area contributed by atoms with Gasteiger partial charge in [0.05, 0.1) is 10.6 Å². The minimum atomic E-state index is 0.560. The Morgan fingerprint density at radius 1 is 1.26 bits per heavy atom. The molecular formula is C15H24N2OS. The number of thiazole rings is 1. The van der Waals surface area contributed by atoms with E-state index in [1.165, 1.54) is 38.5 Å². The molecule has 4 heteroatoms. The summed E-state index contributed by atoms with van der Waals surface area (Å²) in [6.45, 7) is 6.55. The van der Waals surface area contributed by atoms with Crippen molar-refractivity contribution in [1.29, 1.82) is 0 Å².